The zero-order chi connectivity index (χ0) is 17.8. The van der Waals surface area contributed by atoms with E-state index in [0.29, 0.717) is 5.82 Å². The van der Waals surface area contributed by atoms with E-state index in [1.807, 2.05) is 4.90 Å². The van der Waals surface area contributed by atoms with Gasteiger partial charge in [0.25, 0.3) is 5.91 Å². The first-order chi connectivity index (χ1) is 12.1. The molecule has 0 spiro atoms. The summed E-state index contributed by atoms with van der Waals surface area (Å²) in [6.45, 7) is 1.58. The fourth-order valence-electron chi connectivity index (χ4n) is 2.92. The number of carbonyl (C=O) groups excluding carboxylic acids is 1. The van der Waals surface area contributed by atoms with Crippen LogP contribution in [0.3, 0.4) is 0 Å². The van der Waals surface area contributed by atoms with Gasteiger partial charge in [0.05, 0.1) is 11.3 Å². The lowest BCUT2D eigenvalue weighted by molar-refractivity contribution is 0.102. The van der Waals surface area contributed by atoms with Gasteiger partial charge in [-0.05, 0) is 37.1 Å². The van der Waals surface area contributed by atoms with E-state index >= 15 is 0 Å². The van der Waals surface area contributed by atoms with Crippen LogP contribution in [0.5, 0.6) is 0 Å². The second-order valence-electron chi connectivity index (χ2n) is 5.95. The molecular weight excluding hydrogens is 331 g/mol. The van der Waals surface area contributed by atoms with Crippen molar-refractivity contribution < 1.29 is 18.0 Å². The van der Waals surface area contributed by atoms with E-state index < -0.39 is 29.0 Å². The molecule has 1 aromatic carbocycles. The fraction of sp³-hybridized carbons (Fsp3) is 0.333. The molecule has 2 heterocycles. The Bertz CT molecular complexity index is 774. The molecule has 132 valence electrons. The predicted molar refractivity (Wildman–Crippen MR) is 89.2 cm³/mol. The summed E-state index contributed by atoms with van der Waals surface area (Å²) in [5, 5.41) is 2.30. The Hall–Kier alpha value is -2.57. The Kier molecular flexibility index (Phi) is 5.21. The number of benzene rings is 1. The first-order valence-electron chi connectivity index (χ1n) is 8.22. The molecule has 1 aliphatic rings. The van der Waals surface area contributed by atoms with E-state index in [0.717, 1.165) is 50.9 Å². The van der Waals surface area contributed by atoms with Gasteiger partial charge in [0.15, 0.2) is 17.5 Å². The standard InChI is InChI=1S/C18H18F3N3O/c19-13-7-8-14(16(21)15(13)20)23-18(25)12-6-5-9-22-17(12)24-10-3-1-2-4-11-24/h5-9H,1-4,10-11H2,(H,23,25). The number of carbonyl (C=O) groups is 1. The molecule has 25 heavy (non-hydrogen) atoms. The van der Waals surface area contributed by atoms with Gasteiger partial charge in [-0.25, -0.2) is 18.2 Å². The molecule has 1 amide bonds. The summed E-state index contributed by atoms with van der Waals surface area (Å²) >= 11 is 0. The first-order valence-corrected chi connectivity index (χ1v) is 8.22. The molecule has 1 aliphatic heterocycles. The van der Waals surface area contributed by atoms with E-state index in [2.05, 4.69) is 10.3 Å². The second-order valence-corrected chi connectivity index (χ2v) is 5.95. The highest BCUT2D eigenvalue weighted by Gasteiger charge is 2.21. The Balaban J connectivity index is 1.86. The van der Waals surface area contributed by atoms with Gasteiger partial charge < -0.3 is 10.2 Å². The number of nitrogens with zero attached hydrogens (tertiary/aromatic N) is 2. The molecule has 1 aromatic heterocycles. The van der Waals surface area contributed by atoms with Crippen LogP contribution >= 0.6 is 0 Å². The van der Waals surface area contributed by atoms with Gasteiger partial charge in [-0.3, -0.25) is 4.79 Å². The van der Waals surface area contributed by atoms with E-state index in [4.69, 9.17) is 0 Å². The summed E-state index contributed by atoms with van der Waals surface area (Å²) in [5.41, 5.74) is -0.136. The minimum absolute atomic E-state index is 0.272. The molecule has 1 saturated heterocycles. The number of hydrogen-bond acceptors (Lipinski definition) is 3. The predicted octanol–water partition coefficient (Wildman–Crippen LogP) is 4.13. The van der Waals surface area contributed by atoms with Crippen molar-refractivity contribution in [2.45, 2.75) is 25.7 Å². The molecule has 2 aromatic rings. The van der Waals surface area contributed by atoms with Crippen LogP contribution in [-0.4, -0.2) is 24.0 Å². The van der Waals surface area contributed by atoms with Crippen LogP contribution in [-0.2, 0) is 0 Å². The molecule has 1 fully saturated rings. The third-order valence-corrected chi connectivity index (χ3v) is 4.22. The normalized spacial score (nSPS) is 14.9. The van der Waals surface area contributed by atoms with E-state index in [9.17, 15) is 18.0 Å². The van der Waals surface area contributed by atoms with Crippen molar-refractivity contribution in [1.82, 2.24) is 4.98 Å². The highest BCUT2D eigenvalue weighted by molar-refractivity contribution is 6.07. The molecule has 0 unspecified atom stereocenters. The van der Waals surface area contributed by atoms with Gasteiger partial charge in [0.2, 0.25) is 0 Å². The van der Waals surface area contributed by atoms with Crippen LogP contribution in [0.15, 0.2) is 30.5 Å². The molecule has 0 bridgehead atoms. The molecule has 0 saturated carbocycles. The van der Waals surface area contributed by atoms with Crippen molar-refractivity contribution in [3.05, 3.63) is 53.5 Å². The lowest BCUT2D eigenvalue weighted by Gasteiger charge is -2.23. The van der Waals surface area contributed by atoms with Crippen LogP contribution < -0.4 is 10.2 Å². The maximum Gasteiger partial charge on any atom is 0.259 e. The number of pyridine rings is 1. The molecular formula is C18H18F3N3O. The minimum Gasteiger partial charge on any atom is -0.356 e. The van der Waals surface area contributed by atoms with Gasteiger partial charge in [-0.1, -0.05) is 12.8 Å². The Labute approximate surface area is 143 Å². The largest absolute Gasteiger partial charge is 0.356 e. The number of amides is 1. The van der Waals surface area contributed by atoms with E-state index in [-0.39, 0.29) is 5.56 Å². The van der Waals surface area contributed by atoms with Gasteiger partial charge in [0, 0.05) is 19.3 Å². The number of rotatable bonds is 3. The maximum absolute atomic E-state index is 13.8. The Morgan fingerprint density at radius 1 is 1.00 bits per heavy atom. The van der Waals surface area contributed by atoms with Crippen LogP contribution in [0.25, 0.3) is 0 Å². The summed E-state index contributed by atoms with van der Waals surface area (Å²) in [5.74, 6) is -4.44. The van der Waals surface area contributed by atoms with Gasteiger partial charge in [-0.15, -0.1) is 0 Å². The van der Waals surface area contributed by atoms with Crippen LogP contribution in [0.1, 0.15) is 36.0 Å². The maximum atomic E-state index is 13.8. The molecule has 1 N–H and O–H groups in total. The highest BCUT2D eigenvalue weighted by atomic mass is 19.2. The monoisotopic (exact) mass is 349 g/mol. The van der Waals surface area contributed by atoms with Crippen LogP contribution in [0, 0.1) is 17.5 Å². The zero-order valence-corrected chi connectivity index (χ0v) is 13.6. The van der Waals surface area contributed by atoms with Gasteiger partial charge in [0.1, 0.15) is 5.82 Å². The van der Waals surface area contributed by atoms with Crippen molar-refractivity contribution in [2.24, 2.45) is 0 Å². The van der Waals surface area contributed by atoms with Crippen molar-refractivity contribution in [3.63, 3.8) is 0 Å². The topological polar surface area (TPSA) is 45.2 Å². The first kappa shape index (κ1) is 17.3. The smallest absolute Gasteiger partial charge is 0.259 e. The molecule has 0 aliphatic carbocycles. The molecule has 0 atom stereocenters. The third-order valence-electron chi connectivity index (χ3n) is 4.22. The summed E-state index contributed by atoms with van der Waals surface area (Å²) in [7, 11) is 0. The van der Waals surface area contributed by atoms with Crippen molar-refractivity contribution in [2.75, 3.05) is 23.3 Å². The lowest BCUT2D eigenvalue weighted by atomic mass is 10.2. The quantitative estimate of drug-likeness (QED) is 0.848. The molecule has 0 radical (unpaired) electrons. The summed E-state index contributed by atoms with van der Waals surface area (Å²) in [6, 6.07) is 4.96. The average molecular weight is 349 g/mol. The highest BCUT2D eigenvalue weighted by Crippen LogP contribution is 2.24. The van der Waals surface area contributed by atoms with Crippen molar-refractivity contribution >= 4 is 17.4 Å². The van der Waals surface area contributed by atoms with E-state index in [1.165, 1.54) is 0 Å². The number of hydrogen-bond donors (Lipinski definition) is 1. The summed E-state index contributed by atoms with van der Waals surface area (Å²) < 4.78 is 40.2. The second kappa shape index (κ2) is 7.55. The van der Waals surface area contributed by atoms with E-state index in [1.54, 1.807) is 18.3 Å². The molecule has 7 heteroatoms. The SMILES string of the molecule is O=C(Nc1ccc(F)c(F)c1F)c1cccnc1N1CCCCCC1. The summed E-state index contributed by atoms with van der Waals surface area (Å²) in [6.07, 6.45) is 5.87. The van der Waals surface area contributed by atoms with Crippen LogP contribution in [0.4, 0.5) is 24.7 Å². The van der Waals surface area contributed by atoms with Crippen molar-refractivity contribution in [3.8, 4) is 0 Å². The number of anilines is 2. The number of nitrogens with one attached hydrogen (secondary N) is 1. The molecule has 4 nitrogen and oxygen atoms in total. The third kappa shape index (κ3) is 3.75. The lowest BCUT2D eigenvalue weighted by Crippen LogP contribution is -2.28. The number of aromatic nitrogens is 1. The Morgan fingerprint density at radius 3 is 2.44 bits per heavy atom. The average Bonchev–Trinajstić information content (AvgIpc) is 2.91. The summed E-state index contributed by atoms with van der Waals surface area (Å²) in [4.78, 5) is 18.9. The van der Waals surface area contributed by atoms with Gasteiger partial charge in [-0.2, -0.15) is 0 Å². The molecule has 3 rings (SSSR count). The Morgan fingerprint density at radius 2 is 1.72 bits per heavy atom. The van der Waals surface area contributed by atoms with Crippen LogP contribution in [0.2, 0.25) is 0 Å². The fourth-order valence-corrected chi connectivity index (χ4v) is 2.92. The van der Waals surface area contributed by atoms with Crippen molar-refractivity contribution in [1.29, 1.82) is 0 Å². The van der Waals surface area contributed by atoms with Gasteiger partial charge >= 0.3 is 0 Å². The zero-order valence-electron chi connectivity index (χ0n) is 13.6. The number of halogens is 3. The minimum atomic E-state index is -1.61.